The van der Waals surface area contributed by atoms with E-state index in [1.807, 2.05) is 55.8 Å². The molecule has 0 spiro atoms. The molecule has 1 unspecified atom stereocenters. The van der Waals surface area contributed by atoms with Crippen molar-refractivity contribution in [2.75, 3.05) is 0 Å². The number of benzene rings is 1. The molecule has 1 atom stereocenters. The van der Waals surface area contributed by atoms with Crippen LogP contribution >= 0.6 is 0 Å². The first-order valence-corrected chi connectivity index (χ1v) is 6.51. The van der Waals surface area contributed by atoms with E-state index in [-0.39, 0.29) is 11.9 Å². The Morgan fingerprint density at radius 3 is 2.89 bits per heavy atom. The molecule has 0 aliphatic rings. The Hall–Kier alpha value is -2.10. The Balaban J connectivity index is 2.11. The molecule has 2 aromatic rings. The van der Waals surface area contributed by atoms with E-state index in [4.69, 9.17) is 0 Å². The van der Waals surface area contributed by atoms with Gasteiger partial charge < -0.3 is 5.32 Å². The number of nitrogens with one attached hydrogen (secondary N) is 1. The van der Waals surface area contributed by atoms with Crippen molar-refractivity contribution in [1.29, 1.82) is 0 Å². The molecule has 1 aromatic carbocycles. The summed E-state index contributed by atoms with van der Waals surface area (Å²) in [4.78, 5) is 12.2. The topological polar surface area (TPSA) is 46.9 Å². The average molecular weight is 257 g/mol. The van der Waals surface area contributed by atoms with E-state index in [0.717, 1.165) is 17.8 Å². The van der Waals surface area contributed by atoms with Gasteiger partial charge in [-0.2, -0.15) is 5.10 Å². The van der Waals surface area contributed by atoms with Crippen LogP contribution in [0.4, 0.5) is 0 Å². The molecule has 0 fully saturated rings. The molecular formula is C15H19N3O. The number of carbonyl (C=O) groups excluding carboxylic acids is 1. The normalized spacial score (nSPS) is 12.2. The van der Waals surface area contributed by atoms with Crippen molar-refractivity contribution in [3.63, 3.8) is 0 Å². The van der Waals surface area contributed by atoms with Gasteiger partial charge in [0, 0.05) is 18.3 Å². The van der Waals surface area contributed by atoms with Crippen molar-refractivity contribution in [1.82, 2.24) is 15.1 Å². The first kappa shape index (κ1) is 13.3. The number of hydrogen-bond donors (Lipinski definition) is 1. The van der Waals surface area contributed by atoms with Crippen molar-refractivity contribution in [3.8, 4) is 0 Å². The summed E-state index contributed by atoms with van der Waals surface area (Å²) in [6, 6.07) is 9.46. The fraction of sp³-hybridized carbons (Fsp3) is 0.333. The largest absolute Gasteiger partial charge is 0.344 e. The molecule has 1 N–H and O–H groups in total. The van der Waals surface area contributed by atoms with Crippen molar-refractivity contribution < 1.29 is 4.79 Å². The van der Waals surface area contributed by atoms with Crippen LogP contribution in [-0.4, -0.2) is 15.7 Å². The van der Waals surface area contributed by atoms with Crippen molar-refractivity contribution in [2.45, 2.75) is 33.4 Å². The van der Waals surface area contributed by atoms with Crippen LogP contribution in [0.3, 0.4) is 0 Å². The Bertz CT molecular complexity index is 574. The van der Waals surface area contributed by atoms with E-state index in [2.05, 4.69) is 10.4 Å². The monoisotopic (exact) mass is 257 g/mol. The van der Waals surface area contributed by atoms with Gasteiger partial charge in [-0.25, -0.2) is 0 Å². The van der Waals surface area contributed by atoms with E-state index in [1.54, 1.807) is 6.20 Å². The third kappa shape index (κ3) is 3.02. The first-order chi connectivity index (χ1) is 9.11. The Morgan fingerprint density at radius 1 is 1.42 bits per heavy atom. The third-order valence-electron chi connectivity index (χ3n) is 3.12. The molecule has 100 valence electrons. The van der Waals surface area contributed by atoms with E-state index in [9.17, 15) is 4.79 Å². The van der Waals surface area contributed by atoms with Crippen LogP contribution in [0.2, 0.25) is 0 Å². The molecule has 1 heterocycles. The lowest BCUT2D eigenvalue weighted by molar-refractivity contribution is 0.0938. The second-order valence-corrected chi connectivity index (χ2v) is 4.64. The second-order valence-electron chi connectivity index (χ2n) is 4.64. The lowest BCUT2D eigenvalue weighted by Gasteiger charge is -2.15. The Morgan fingerprint density at radius 2 is 2.21 bits per heavy atom. The number of carbonyl (C=O) groups is 1. The summed E-state index contributed by atoms with van der Waals surface area (Å²) in [7, 11) is 0. The minimum Gasteiger partial charge on any atom is -0.344 e. The summed E-state index contributed by atoms with van der Waals surface area (Å²) in [5.41, 5.74) is 2.79. The minimum absolute atomic E-state index is 0.0555. The van der Waals surface area contributed by atoms with Crippen LogP contribution in [0, 0.1) is 6.92 Å². The second kappa shape index (κ2) is 5.69. The van der Waals surface area contributed by atoms with Crippen LogP contribution in [-0.2, 0) is 6.54 Å². The predicted octanol–water partition coefficient (Wildman–Crippen LogP) is 2.70. The molecule has 4 nitrogen and oxygen atoms in total. The lowest BCUT2D eigenvalue weighted by atomic mass is 10.1. The molecule has 0 radical (unpaired) electrons. The standard InChI is InChI=1S/C15H19N3O/c1-4-18-14(8-9-16-18)12(3)17-15(19)13-7-5-6-11(2)10-13/h5-10,12H,4H2,1-3H3,(H,17,19). The maximum absolute atomic E-state index is 12.2. The van der Waals surface area contributed by atoms with E-state index < -0.39 is 0 Å². The maximum Gasteiger partial charge on any atom is 0.251 e. The van der Waals surface area contributed by atoms with Crippen LogP contribution in [0.5, 0.6) is 0 Å². The van der Waals surface area contributed by atoms with Crippen LogP contribution in [0.1, 0.15) is 41.5 Å². The molecule has 1 aromatic heterocycles. The predicted molar refractivity (Wildman–Crippen MR) is 75.0 cm³/mol. The highest BCUT2D eigenvalue weighted by atomic mass is 16.1. The van der Waals surface area contributed by atoms with Gasteiger partial charge in [-0.15, -0.1) is 0 Å². The van der Waals surface area contributed by atoms with Gasteiger partial charge in [0.1, 0.15) is 0 Å². The Kier molecular flexibility index (Phi) is 4.00. The zero-order valence-corrected chi connectivity index (χ0v) is 11.6. The van der Waals surface area contributed by atoms with Gasteiger partial charge in [-0.3, -0.25) is 9.48 Å². The highest BCUT2D eigenvalue weighted by Crippen LogP contribution is 2.13. The average Bonchev–Trinajstić information content (AvgIpc) is 2.87. The van der Waals surface area contributed by atoms with E-state index in [1.165, 1.54) is 0 Å². The lowest BCUT2D eigenvalue weighted by Crippen LogP contribution is -2.28. The molecule has 0 aliphatic carbocycles. The van der Waals surface area contributed by atoms with Gasteiger partial charge in [0.15, 0.2) is 0 Å². The highest BCUT2D eigenvalue weighted by Gasteiger charge is 2.14. The van der Waals surface area contributed by atoms with Gasteiger partial charge in [-0.05, 0) is 39.0 Å². The zero-order chi connectivity index (χ0) is 13.8. The molecule has 0 saturated carbocycles. The number of amides is 1. The summed E-state index contributed by atoms with van der Waals surface area (Å²) in [5.74, 6) is -0.0555. The van der Waals surface area contributed by atoms with E-state index in [0.29, 0.717) is 5.56 Å². The molecule has 0 saturated heterocycles. The summed E-state index contributed by atoms with van der Waals surface area (Å²) in [5, 5.41) is 7.22. The molecule has 0 bridgehead atoms. The van der Waals surface area contributed by atoms with Crippen LogP contribution in [0.25, 0.3) is 0 Å². The quantitative estimate of drug-likeness (QED) is 0.915. The highest BCUT2D eigenvalue weighted by molar-refractivity contribution is 5.94. The number of aromatic nitrogens is 2. The fourth-order valence-corrected chi connectivity index (χ4v) is 2.12. The first-order valence-electron chi connectivity index (χ1n) is 6.51. The summed E-state index contributed by atoms with van der Waals surface area (Å²) < 4.78 is 1.89. The van der Waals surface area contributed by atoms with Gasteiger partial charge in [0.2, 0.25) is 0 Å². The smallest absolute Gasteiger partial charge is 0.251 e. The molecular weight excluding hydrogens is 238 g/mol. The maximum atomic E-state index is 12.2. The van der Waals surface area contributed by atoms with Crippen LogP contribution < -0.4 is 5.32 Å². The van der Waals surface area contributed by atoms with Crippen molar-refractivity contribution in [3.05, 3.63) is 53.3 Å². The number of nitrogens with zero attached hydrogens (tertiary/aromatic N) is 2. The molecule has 4 heteroatoms. The van der Waals surface area contributed by atoms with Gasteiger partial charge >= 0.3 is 0 Å². The summed E-state index contributed by atoms with van der Waals surface area (Å²) in [6.45, 7) is 6.78. The fourth-order valence-electron chi connectivity index (χ4n) is 2.12. The summed E-state index contributed by atoms with van der Waals surface area (Å²) in [6.07, 6.45) is 1.76. The van der Waals surface area contributed by atoms with Gasteiger partial charge in [0.25, 0.3) is 5.91 Å². The molecule has 2 rings (SSSR count). The van der Waals surface area contributed by atoms with Crippen molar-refractivity contribution >= 4 is 5.91 Å². The zero-order valence-electron chi connectivity index (χ0n) is 11.6. The van der Waals surface area contributed by atoms with E-state index >= 15 is 0 Å². The van der Waals surface area contributed by atoms with Crippen LogP contribution in [0.15, 0.2) is 36.5 Å². The molecule has 1 amide bonds. The third-order valence-corrected chi connectivity index (χ3v) is 3.12. The molecule has 0 aliphatic heterocycles. The Labute approximate surface area is 113 Å². The SMILES string of the molecule is CCn1nccc1C(C)NC(=O)c1cccc(C)c1. The van der Waals surface area contributed by atoms with Gasteiger partial charge in [0.05, 0.1) is 11.7 Å². The minimum atomic E-state index is -0.0598. The number of aryl methyl sites for hydroxylation is 2. The summed E-state index contributed by atoms with van der Waals surface area (Å²) >= 11 is 0. The van der Waals surface area contributed by atoms with Crippen molar-refractivity contribution in [2.24, 2.45) is 0 Å². The number of rotatable bonds is 4. The molecule has 19 heavy (non-hydrogen) atoms. The van der Waals surface area contributed by atoms with Gasteiger partial charge in [-0.1, -0.05) is 17.7 Å². The number of hydrogen-bond acceptors (Lipinski definition) is 2.